The van der Waals surface area contributed by atoms with Gasteiger partial charge in [-0.3, -0.25) is 9.59 Å². The first-order chi connectivity index (χ1) is 17.6. The normalized spacial score (nSPS) is 21.6. The Balaban J connectivity index is 1.38. The Kier molecular flexibility index (Phi) is 7.60. The Morgan fingerprint density at radius 2 is 1.89 bits per heavy atom. The number of para-hydroxylation sites is 1. The van der Waals surface area contributed by atoms with Crippen LogP contribution in [-0.2, 0) is 9.53 Å². The van der Waals surface area contributed by atoms with Gasteiger partial charge in [0.25, 0.3) is 11.8 Å². The van der Waals surface area contributed by atoms with Gasteiger partial charge in [-0.25, -0.2) is 0 Å². The minimum atomic E-state index is -0.375. The number of nitrogens with zero attached hydrogens (tertiary/aromatic N) is 2. The van der Waals surface area contributed by atoms with Crippen LogP contribution < -0.4 is 14.8 Å². The van der Waals surface area contributed by atoms with Gasteiger partial charge in [0, 0.05) is 31.9 Å². The Labute approximate surface area is 212 Å². The zero-order valence-corrected chi connectivity index (χ0v) is 20.9. The fraction of sp³-hybridized carbons (Fsp3) is 0.500. The van der Waals surface area contributed by atoms with Crippen molar-refractivity contribution < 1.29 is 23.8 Å². The van der Waals surface area contributed by atoms with E-state index in [4.69, 9.17) is 14.2 Å². The fourth-order valence-corrected chi connectivity index (χ4v) is 5.21. The average Bonchev–Trinajstić information content (AvgIpc) is 3.43. The molecule has 0 aliphatic carbocycles. The lowest BCUT2D eigenvalue weighted by atomic mass is 10.0. The fourth-order valence-electron chi connectivity index (χ4n) is 5.21. The summed E-state index contributed by atoms with van der Waals surface area (Å²) in [5, 5.41) is 3.54. The predicted molar refractivity (Wildman–Crippen MR) is 136 cm³/mol. The number of nitrogens with one attached hydrogen (secondary N) is 1. The van der Waals surface area contributed by atoms with E-state index in [2.05, 4.69) is 5.32 Å². The molecule has 2 fully saturated rings. The molecule has 0 spiro atoms. The van der Waals surface area contributed by atoms with Gasteiger partial charge in [0.05, 0.1) is 18.3 Å². The molecule has 2 aromatic rings. The zero-order chi connectivity index (χ0) is 24.9. The van der Waals surface area contributed by atoms with Crippen LogP contribution in [0.1, 0.15) is 61.1 Å². The maximum Gasteiger partial charge on any atom is 0.260 e. The van der Waals surface area contributed by atoms with Crippen LogP contribution in [0.15, 0.2) is 42.5 Å². The second-order valence-electron chi connectivity index (χ2n) is 9.55. The van der Waals surface area contributed by atoms with Gasteiger partial charge in [-0.15, -0.1) is 0 Å². The number of likely N-dealkylation sites (tertiary alicyclic amines) is 1. The van der Waals surface area contributed by atoms with Crippen molar-refractivity contribution in [1.29, 1.82) is 0 Å². The number of amides is 2. The molecule has 2 atom stereocenters. The van der Waals surface area contributed by atoms with Crippen LogP contribution in [0.3, 0.4) is 0 Å². The van der Waals surface area contributed by atoms with Crippen molar-refractivity contribution in [1.82, 2.24) is 9.80 Å². The smallest absolute Gasteiger partial charge is 0.260 e. The van der Waals surface area contributed by atoms with Gasteiger partial charge >= 0.3 is 0 Å². The van der Waals surface area contributed by atoms with E-state index in [1.54, 1.807) is 0 Å². The Bertz CT molecular complexity index is 1080. The molecular weight excluding hydrogens is 458 g/mol. The van der Waals surface area contributed by atoms with Crippen LogP contribution in [0.25, 0.3) is 0 Å². The Hall–Kier alpha value is -3.26. The van der Waals surface area contributed by atoms with Crippen LogP contribution in [0.4, 0.5) is 5.69 Å². The number of rotatable bonds is 8. The first-order valence-corrected chi connectivity index (χ1v) is 13.1. The summed E-state index contributed by atoms with van der Waals surface area (Å²) in [6.07, 6.45) is 4.87. The van der Waals surface area contributed by atoms with Gasteiger partial charge in [-0.1, -0.05) is 18.2 Å². The molecule has 8 nitrogen and oxygen atoms in total. The largest absolute Gasteiger partial charge is 0.490 e. The second kappa shape index (κ2) is 11.2. The van der Waals surface area contributed by atoms with E-state index in [1.807, 2.05) is 59.2 Å². The van der Waals surface area contributed by atoms with Crippen LogP contribution in [0, 0.1) is 0 Å². The zero-order valence-electron chi connectivity index (χ0n) is 20.9. The van der Waals surface area contributed by atoms with Gasteiger partial charge in [0.15, 0.2) is 18.1 Å². The number of fused-ring (bicyclic) bond motifs is 1. The number of ether oxygens (including phenoxy) is 3. The summed E-state index contributed by atoms with van der Waals surface area (Å²) >= 11 is 0. The van der Waals surface area contributed by atoms with E-state index in [0.29, 0.717) is 30.2 Å². The SMILES string of the molecule is CCOc1cc([C@H]2Nc3ccccc3C(=O)N2C[C@H]2CCCO2)ccc1OCC(=O)N1CCCCC1. The molecule has 1 N–H and O–H groups in total. The van der Waals surface area contributed by atoms with E-state index in [1.165, 1.54) is 6.42 Å². The summed E-state index contributed by atoms with van der Waals surface area (Å²) in [6, 6.07) is 13.3. The maximum atomic E-state index is 13.5. The van der Waals surface area contributed by atoms with E-state index in [9.17, 15) is 9.59 Å². The van der Waals surface area contributed by atoms with Crippen molar-refractivity contribution in [2.24, 2.45) is 0 Å². The highest BCUT2D eigenvalue weighted by atomic mass is 16.5. The number of anilines is 1. The summed E-state index contributed by atoms with van der Waals surface area (Å²) in [4.78, 5) is 29.9. The Morgan fingerprint density at radius 3 is 2.67 bits per heavy atom. The molecule has 0 aromatic heterocycles. The molecule has 2 saturated heterocycles. The minimum Gasteiger partial charge on any atom is -0.490 e. The number of carbonyl (C=O) groups excluding carboxylic acids is 2. The highest BCUT2D eigenvalue weighted by Gasteiger charge is 2.35. The molecule has 3 heterocycles. The lowest BCUT2D eigenvalue weighted by Gasteiger charge is -2.39. The summed E-state index contributed by atoms with van der Waals surface area (Å²) in [7, 11) is 0. The molecule has 2 amide bonds. The lowest BCUT2D eigenvalue weighted by molar-refractivity contribution is -0.134. The summed E-state index contributed by atoms with van der Waals surface area (Å²) in [5.74, 6) is 1.07. The number of hydrogen-bond donors (Lipinski definition) is 1. The number of carbonyl (C=O) groups is 2. The predicted octanol–water partition coefficient (Wildman–Crippen LogP) is 4.22. The molecular formula is C28H35N3O5. The highest BCUT2D eigenvalue weighted by molar-refractivity contribution is 6.01. The molecule has 3 aliphatic rings. The molecule has 0 unspecified atom stereocenters. The number of piperidine rings is 1. The summed E-state index contributed by atoms with van der Waals surface area (Å²) in [5.41, 5.74) is 2.35. The molecule has 3 aliphatic heterocycles. The van der Waals surface area contributed by atoms with Gasteiger partial charge in [0.1, 0.15) is 6.17 Å². The first-order valence-electron chi connectivity index (χ1n) is 13.1. The average molecular weight is 494 g/mol. The molecule has 0 saturated carbocycles. The number of benzene rings is 2. The third kappa shape index (κ3) is 5.28. The summed E-state index contributed by atoms with van der Waals surface area (Å²) in [6.45, 7) is 5.19. The van der Waals surface area contributed by atoms with Crippen molar-refractivity contribution in [3.8, 4) is 11.5 Å². The highest BCUT2D eigenvalue weighted by Crippen LogP contribution is 2.37. The molecule has 2 aromatic carbocycles. The third-order valence-corrected chi connectivity index (χ3v) is 7.09. The van der Waals surface area contributed by atoms with Crippen LogP contribution >= 0.6 is 0 Å². The molecule has 192 valence electrons. The van der Waals surface area contributed by atoms with Gasteiger partial charge < -0.3 is 29.3 Å². The quantitative estimate of drug-likeness (QED) is 0.593. The van der Waals surface area contributed by atoms with Gasteiger partial charge in [-0.2, -0.15) is 0 Å². The maximum absolute atomic E-state index is 13.5. The van der Waals surface area contributed by atoms with Gasteiger partial charge in [-0.05, 0) is 68.9 Å². The van der Waals surface area contributed by atoms with Crippen molar-refractivity contribution in [3.05, 3.63) is 53.6 Å². The van der Waals surface area contributed by atoms with Crippen LogP contribution in [-0.4, -0.2) is 67.2 Å². The van der Waals surface area contributed by atoms with Crippen molar-refractivity contribution in [2.75, 3.05) is 44.8 Å². The second-order valence-corrected chi connectivity index (χ2v) is 9.55. The van der Waals surface area contributed by atoms with Crippen molar-refractivity contribution >= 4 is 17.5 Å². The van der Waals surface area contributed by atoms with E-state index in [-0.39, 0.29) is 30.7 Å². The standard InChI is InChI=1S/C28H35N3O5/c1-2-34-25-17-20(12-13-24(25)36-19-26(32)30-14-6-3-7-15-30)27-29-23-11-5-4-10-22(23)28(33)31(27)18-21-9-8-16-35-21/h4-5,10-13,17,21,27,29H,2-3,6-9,14-16,18-19H2,1H3/t21-,27+/m1/s1. The summed E-state index contributed by atoms with van der Waals surface area (Å²) < 4.78 is 17.7. The molecule has 0 bridgehead atoms. The molecule has 5 rings (SSSR count). The van der Waals surface area contributed by atoms with E-state index >= 15 is 0 Å². The van der Waals surface area contributed by atoms with E-state index in [0.717, 1.165) is 56.6 Å². The van der Waals surface area contributed by atoms with Crippen LogP contribution in [0.5, 0.6) is 11.5 Å². The Morgan fingerprint density at radius 1 is 1.06 bits per heavy atom. The molecule has 36 heavy (non-hydrogen) atoms. The topological polar surface area (TPSA) is 80.3 Å². The monoisotopic (exact) mass is 493 g/mol. The van der Waals surface area contributed by atoms with Gasteiger partial charge in [0.2, 0.25) is 0 Å². The molecule has 0 radical (unpaired) electrons. The van der Waals surface area contributed by atoms with Crippen molar-refractivity contribution in [3.63, 3.8) is 0 Å². The number of hydrogen-bond acceptors (Lipinski definition) is 6. The van der Waals surface area contributed by atoms with E-state index < -0.39 is 0 Å². The lowest BCUT2D eigenvalue weighted by Crippen LogP contribution is -2.46. The van der Waals surface area contributed by atoms with Crippen LogP contribution in [0.2, 0.25) is 0 Å². The minimum absolute atomic E-state index is 0.000106. The first kappa shape index (κ1) is 24.4. The molecule has 8 heteroatoms. The van der Waals surface area contributed by atoms with Crippen molar-refractivity contribution in [2.45, 2.75) is 51.3 Å². The third-order valence-electron chi connectivity index (χ3n) is 7.09.